The quantitative estimate of drug-likeness (QED) is 0.218. The Morgan fingerprint density at radius 3 is 2.31 bits per heavy atom. The minimum Gasteiger partial charge on any atom is -0.486 e. The van der Waals surface area contributed by atoms with Gasteiger partial charge in [-0.3, -0.25) is 4.79 Å². The number of hydrazone groups is 1. The van der Waals surface area contributed by atoms with Gasteiger partial charge in [0.15, 0.2) is 0 Å². The summed E-state index contributed by atoms with van der Waals surface area (Å²) >= 11 is 19.2. The van der Waals surface area contributed by atoms with Crippen LogP contribution in [0.25, 0.3) is 0 Å². The molecule has 3 rings (SSSR count). The van der Waals surface area contributed by atoms with Crippen molar-refractivity contribution in [2.24, 2.45) is 5.10 Å². The van der Waals surface area contributed by atoms with Gasteiger partial charge in [-0.15, -0.1) is 0 Å². The molecular weight excluding hydrogens is 579 g/mol. The third-order valence-electron chi connectivity index (χ3n) is 4.61. The average Bonchev–Trinajstić information content (AvgIpc) is 2.75. The van der Waals surface area contributed by atoms with Crippen molar-refractivity contribution in [3.05, 3.63) is 95.8 Å². The first-order chi connectivity index (χ1) is 15.4. The van der Waals surface area contributed by atoms with E-state index in [9.17, 15) is 4.79 Å². The van der Waals surface area contributed by atoms with Gasteiger partial charge in [-0.25, -0.2) is 5.43 Å². The van der Waals surface area contributed by atoms with Gasteiger partial charge in [0.1, 0.15) is 12.4 Å². The highest BCUT2D eigenvalue weighted by Gasteiger charge is 2.11. The number of nitrogens with one attached hydrogen (secondary N) is 1. The maximum Gasteiger partial charge on any atom is 0.244 e. The highest BCUT2D eigenvalue weighted by atomic mass is 79.9. The molecule has 0 radical (unpaired) electrons. The van der Waals surface area contributed by atoms with Gasteiger partial charge in [-0.1, -0.05) is 60.5 Å². The van der Waals surface area contributed by atoms with Crippen LogP contribution >= 0.6 is 55.1 Å². The van der Waals surface area contributed by atoms with Gasteiger partial charge in [0.05, 0.1) is 21.6 Å². The van der Waals surface area contributed by atoms with Crippen LogP contribution in [0.15, 0.2) is 68.6 Å². The fraction of sp³-hybridized carbons (Fsp3) is 0.167. The lowest BCUT2D eigenvalue weighted by atomic mass is 10.1. The molecule has 0 aliphatic rings. The lowest BCUT2D eigenvalue weighted by Crippen LogP contribution is -2.19. The molecule has 0 bridgehead atoms. The molecular formula is C24H20Br2Cl2N2O2. The molecule has 166 valence electrons. The van der Waals surface area contributed by atoms with Crippen LogP contribution in [-0.4, -0.2) is 12.1 Å². The van der Waals surface area contributed by atoms with E-state index >= 15 is 0 Å². The minimum absolute atomic E-state index is 0.177. The molecule has 1 amide bonds. The standard InChI is InChI=1S/C24H20Br2Cl2N2O2/c1-2-15-3-5-16(6-4-15)11-23(31)30-29-13-17-9-20(25)24(21(26)10-17)32-14-18-7-8-19(27)12-22(18)28/h3-10,12-13H,2,11,14H2,1H3,(H,30,31)/b29-13+. The number of ether oxygens (including phenoxy) is 1. The van der Waals surface area contributed by atoms with Crippen LogP contribution in [0, 0.1) is 0 Å². The number of benzene rings is 3. The van der Waals surface area contributed by atoms with Gasteiger partial charge in [0, 0.05) is 15.6 Å². The Labute approximate surface area is 214 Å². The highest BCUT2D eigenvalue weighted by molar-refractivity contribution is 9.11. The van der Waals surface area contributed by atoms with Crippen LogP contribution in [0.1, 0.15) is 29.2 Å². The molecule has 0 saturated heterocycles. The van der Waals surface area contributed by atoms with Crippen molar-refractivity contribution in [2.75, 3.05) is 0 Å². The summed E-state index contributed by atoms with van der Waals surface area (Å²) in [6.07, 6.45) is 2.82. The van der Waals surface area contributed by atoms with Gasteiger partial charge in [-0.2, -0.15) is 5.10 Å². The first-order valence-corrected chi connectivity index (χ1v) is 12.2. The van der Waals surface area contributed by atoms with Crippen molar-refractivity contribution >= 4 is 67.2 Å². The second-order valence-electron chi connectivity index (χ2n) is 6.98. The molecule has 0 spiro atoms. The van der Waals surface area contributed by atoms with Gasteiger partial charge in [0.25, 0.3) is 0 Å². The molecule has 1 N–H and O–H groups in total. The van der Waals surface area contributed by atoms with E-state index in [0.717, 1.165) is 32.1 Å². The van der Waals surface area contributed by atoms with Crippen LogP contribution in [-0.2, 0) is 24.2 Å². The number of rotatable bonds is 8. The smallest absolute Gasteiger partial charge is 0.244 e. The summed E-state index contributed by atoms with van der Waals surface area (Å²) in [5, 5.41) is 5.18. The molecule has 0 unspecified atom stereocenters. The topological polar surface area (TPSA) is 50.7 Å². The summed E-state index contributed by atoms with van der Waals surface area (Å²) in [7, 11) is 0. The second kappa shape index (κ2) is 11.8. The van der Waals surface area contributed by atoms with Crippen molar-refractivity contribution in [2.45, 2.75) is 26.4 Å². The molecule has 0 aliphatic carbocycles. The van der Waals surface area contributed by atoms with Gasteiger partial charge < -0.3 is 4.74 Å². The van der Waals surface area contributed by atoms with Crippen LogP contribution in [0.3, 0.4) is 0 Å². The number of hydrogen-bond donors (Lipinski definition) is 1. The fourth-order valence-electron chi connectivity index (χ4n) is 2.88. The van der Waals surface area contributed by atoms with E-state index in [1.165, 1.54) is 5.56 Å². The second-order valence-corrected chi connectivity index (χ2v) is 9.53. The number of halogens is 4. The Hall–Kier alpha value is -1.86. The zero-order valence-corrected chi connectivity index (χ0v) is 21.9. The molecule has 3 aromatic carbocycles. The van der Waals surface area contributed by atoms with E-state index in [4.69, 9.17) is 27.9 Å². The Morgan fingerprint density at radius 2 is 1.69 bits per heavy atom. The molecule has 8 heteroatoms. The zero-order chi connectivity index (χ0) is 23.1. The lowest BCUT2D eigenvalue weighted by molar-refractivity contribution is -0.120. The molecule has 4 nitrogen and oxygen atoms in total. The fourth-order valence-corrected chi connectivity index (χ4v) is 4.79. The summed E-state index contributed by atoms with van der Waals surface area (Å²) < 4.78 is 7.39. The van der Waals surface area contributed by atoms with Crippen LogP contribution in [0.2, 0.25) is 10.0 Å². The SMILES string of the molecule is CCc1ccc(CC(=O)N/N=C/c2cc(Br)c(OCc3ccc(Cl)cc3Cl)c(Br)c2)cc1. The van der Waals surface area contributed by atoms with Crippen molar-refractivity contribution in [3.8, 4) is 5.75 Å². The molecule has 0 heterocycles. The van der Waals surface area contributed by atoms with Crippen LogP contribution in [0.5, 0.6) is 5.75 Å². The van der Waals surface area contributed by atoms with Crippen LogP contribution < -0.4 is 10.2 Å². The van der Waals surface area contributed by atoms with E-state index in [2.05, 4.69) is 49.3 Å². The summed E-state index contributed by atoms with van der Waals surface area (Å²) in [6, 6.07) is 17.0. The zero-order valence-electron chi connectivity index (χ0n) is 17.2. The molecule has 0 fully saturated rings. The number of hydrogen-bond acceptors (Lipinski definition) is 3. The Bertz CT molecular complexity index is 1110. The third-order valence-corrected chi connectivity index (χ3v) is 6.37. The maximum atomic E-state index is 12.1. The molecule has 0 saturated carbocycles. The molecule has 3 aromatic rings. The Kier molecular flexibility index (Phi) is 9.17. The first-order valence-electron chi connectivity index (χ1n) is 9.81. The highest BCUT2D eigenvalue weighted by Crippen LogP contribution is 2.35. The monoisotopic (exact) mass is 596 g/mol. The van der Waals surface area contributed by atoms with Crippen molar-refractivity contribution in [1.82, 2.24) is 5.43 Å². The predicted molar refractivity (Wildman–Crippen MR) is 138 cm³/mol. The largest absolute Gasteiger partial charge is 0.486 e. The Balaban J connectivity index is 1.58. The molecule has 32 heavy (non-hydrogen) atoms. The van der Waals surface area contributed by atoms with Crippen LogP contribution in [0.4, 0.5) is 0 Å². The summed E-state index contributed by atoms with van der Waals surface area (Å²) in [5.41, 5.74) is 6.36. The summed E-state index contributed by atoms with van der Waals surface area (Å²) in [5.74, 6) is 0.455. The van der Waals surface area contributed by atoms with E-state index in [-0.39, 0.29) is 18.9 Å². The normalized spacial score (nSPS) is 11.0. The van der Waals surface area contributed by atoms with E-state index < -0.39 is 0 Å². The predicted octanol–water partition coefficient (Wildman–Crippen LogP) is 7.35. The van der Waals surface area contributed by atoms with Crippen molar-refractivity contribution < 1.29 is 9.53 Å². The molecule has 0 aromatic heterocycles. The maximum absolute atomic E-state index is 12.1. The van der Waals surface area contributed by atoms with Crippen molar-refractivity contribution in [1.29, 1.82) is 0 Å². The molecule has 0 aliphatic heterocycles. The van der Waals surface area contributed by atoms with Crippen molar-refractivity contribution in [3.63, 3.8) is 0 Å². The minimum atomic E-state index is -0.177. The van der Waals surface area contributed by atoms with Gasteiger partial charge in [-0.05, 0) is 79.2 Å². The number of carbonyl (C=O) groups excluding carboxylic acids is 1. The van der Waals surface area contributed by atoms with Gasteiger partial charge >= 0.3 is 0 Å². The van der Waals surface area contributed by atoms with E-state index in [1.54, 1.807) is 18.3 Å². The lowest BCUT2D eigenvalue weighted by Gasteiger charge is -2.12. The molecule has 0 atom stereocenters. The first kappa shape index (κ1) is 24.8. The summed E-state index contributed by atoms with van der Waals surface area (Å²) in [6.45, 7) is 2.39. The number of aryl methyl sites for hydroxylation is 1. The Morgan fingerprint density at radius 1 is 1.03 bits per heavy atom. The summed E-state index contributed by atoms with van der Waals surface area (Å²) in [4.78, 5) is 12.1. The van der Waals surface area contributed by atoms with E-state index in [0.29, 0.717) is 15.8 Å². The number of nitrogens with zero attached hydrogens (tertiary/aromatic N) is 1. The third kappa shape index (κ3) is 7.07. The average molecular weight is 599 g/mol. The van der Waals surface area contributed by atoms with E-state index in [1.807, 2.05) is 42.5 Å². The number of amides is 1. The number of carbonyl (C=O) groups is 1. The van der Waals surface area contributed by atoms with Gasteiger partial charge in [0.2, 0.25) is 5.91 Å².